The van der Waals surface area contributed by atoms with Crippen LogP contribution < -0.4 is 11.5 Å². The second-order valence-corrected chi connectivity index (χ2v) is 3.04. The Kier molecular flexibility index (Phi) is 3.08. The number of nitrogens with two attached hydrogens (primary N) is 2. The van der Waals surface area contributed by atoms with E-state index in [-0.39, 0.29) is 17.1 Å². The van der Waals surface area contributed by atoms with Crippen molar-refractivity contribution in [3.63, 3.8) is 0 Å². The van der Waals surface area contributed by atoms with Crippen molar-refractivity contribution in [3.05, 3.63) is 28.5 Å². The van der Waals surface area contributed by atoms with Crippen LogP contribution in [-0.4, -0.2) is 11.7 Å². The van der Waals surface area contributed by atoms with E-state index in [0.29, 0.717) is 0 Å². The molecule has 13 heavy (non-hydrogen) atoms. The summed E-state index contributed by atoms with van der Waals surface area (Å²) in [4.78, 5) is 0. The molecule has 0 saturated heterocycles. The molecule has 0 aliphatic rings. The van der Waals surface area contributed by atoms with Crippen LogP contribution >= 0.6 is 11.6 Å². The summed E-state index contributed by atoms with van der Waals surface area (Å²) < 4.78 is 12.9. The molecular formula is C8H10ClFN2O. The third-order valence-electron chi connectivity index (χ3n) is 1.74. The Hall–Kier alpha value is -0.840. The van der Waals surface area contributed by atoms with Crippen LogP contribution in [0, 0.1) is 5.82 Å². The molecule has 0 aliphatic heterocycles. The predicted molar refractivity (Wildman–Crippen MR) is 49.1 cm³/mol. The first-order valence-electron chi connectivity index (χ1n) is 3.70. The smallest absolute Gasteiger partial charge is 0.165 e. The van der Waals surface area contributed by atoms with Gasteiger partial charge in [-0.3, -0.25) is 0 Å². The van der Waals surface area contributed by atoms with E-state index >= 15 is 0 Å². The zero-order chi connectivity index (χ0) is 10.0. The van der Waals surface area contributed by atoms with Gasteiger partial charge in [0.25, 0.3) is 0 Å². The van der Waals surface area contributed by atoms with Gasteiger partial charge in [0, 0.05) is 23.2 Å². The normalized spacial score (nSPS) is 12.9. The van der Waals surface area contributed by atoms with Gasteiger partial charge in [0.05, 0.1) is 0 Å². The first-order chi connectivity index (χ1) is 6.07. The van der Waals surface area contributed by atoms with Gasteiger partial charge in [0.1, 0.15) is 0 Å². The molecule has 0 radical (unpaired) electrons. The van der Waals surface area contributed by atoms with E-state index in [1.807, 2.05) is 0 Å². The molecule has 0 unspecified atom stereocenters. The number of phenols is 1. The molecule has 1 aromatic rings. The van der Waals surface area contributed by atoms with E-state index in [0.717, 1.165) is 6.07 Å². The predicted octanol–water partition coefficient (Wildman–Crippen LogP) is 1.14. The molecule has 1 atom stereocenters. The lowest BCUT2D eigenvalue weighted by Crippen LogP contribution is -2.21. The molecule has 0 amide bonds. The van der Waals surface area contributed by atoms with Gasteiger partial charge < -0.3 is 16.6 Å². The molecule has 72 valence electrons. The number of aromatic hydroxyl groups is 1. The highest BCUT2D eigenvalue weighted by Crippen LogP contribution is 2.32. The lowest BCUT2D eigenvalue weighted by molar-refractivity contribution is 0.421. The molecular weight excluding hydrogens is 195 g/mol. The minimum absolute atomic E-state index is 0.0940. The number of rotatable bonds is 2. The molecule has 0 spiro atoms. The SMILES string of the molecule is NC[C@H](N)c1c(Cl)ccc(F)c1O. The number of halogens is 2. The highest BCUT2D eigenvalue weighted by molar-refractivity contribution is 6.31. The monoisotopic (exact) mass is 204 g/mol. The maximum atomic E-state index is 12.9. The van der Waals surface area contributed by atoms with E-state index in [1.165, 1.54) is 6.07 Å². The van der Waals surface area contributed by atoms with Crippen molar-refractivity contribution in [3.8, 4) is 5.75 Å². The topological polar surface area (TPSA) is 72.3 Å². The van der Waals surface area contributed by atoms with Crippen molar-refractivity contribution < 1.29 is 9.50 Å². The quantitative estimate of drug-likeness (QED) is 0.677. The fraction of sp³-hybridized carbons (Fsp3) is 0.250. The number of phenolic OH excluding ortho intramolecular Hbond substituents is 1. The van der Waals surface area contributed by atoms with Gasteiger partial charge in [-0.25, -0.2) is 4.39 Å². The lowest BCUT2D eigenvalue weighted by atomic mass is 10.1. The van der Waals surface area contributed by atoms with Crippen LogP contribution in [0.4, 0.5) is 4.39 Å². The van der Waals surface area contributed by atoms with Crippen LogP contribution in [0.1, 0.15) is 11.6 Å². The van der Waals surface area contributed by atoms with E-state index in [1.54, 1.807) is 0 Å². The van der Waals surface area contributed by atoms with Crippen molar-refractivity contribution in [1.82, 2.24) is 0 Å². The molecule has 0 aromatic heterocycles. The van der Waals surface area contributed by atoms with Gasteiger partial charge >= 0.3 is 0 Å². The fourth-order valence-corrected chi connectivity index (χ4v) is 1.32. The van der Waals surface area contributed by atoms with Gasteiger partial charge in [-0.15, -0.1) is 0 Å². The zero-order valence-corrected chi connectivity index (χ0v) is 7.55. The second-order valence-electron chi connectivity index (χ2n) is 2.63. The van der Waals surface area contributed by atoms with Crippen LogP contribution in [0.3, 0.4) is 0 Å². The van der Waals surface area contributed by atoms with Gasteiger partial charge in [0.15, 0.2) is 11.6 Å². The maximum Gasteiger partial charge on any atom is 0.165 e. The van der Waals surface area contributed by atoms with Crippen molar-refractivity contribution in [2.75, 3.05) is 6.54 Å². The van der Waals surface area contributed by atoms with E-state index < -0.39 is 17.6 Å². The summed E-state index contributed by atoms with van der Waals surface area (Å²) in [6.07, 6.45) is 0. The van der Waals surface area contributed by atoms with Gasteiger partial charge in [0.2, 0.25) is 0 Å². The van der Waals surface area contributed by atoms with E-state index in [9.17, 15) is 9.50 Å². The Morgan fingerprint density at radius 2 is 2.15 bits per heavy atom. The Morgan fingerprint density at radius 1 is 1.54 bits per heavy atom. The molecule has 0 aliphatic carbocycles. The highest BCUT2D eigenvalue weighted by atomic mass is 35.5. The number of benzene rings is 1. The Labute approximate surface area is 80.1 Å². The molecule has 0 heterocycles. The lowest BCUT2D eigenvalue weighted by Gasteiger charge is -2.13. The van der Waals surface area contributed by atoms with E-state index in [2.05, 4.69) is 0 Å². The van der Waals surface area contributed by atoms with E-state index in [4.69, 9.17) is 23.1 Å². The summed E-state index contributed by atoms with van der Waals surface area (Å²) in [6.45, 7) is 0.0940. The van der Waals surface area contributed by atoms with Gasteiger partial charge in [-0.05, 0) is 12.1 Å². The minimum Gasteiger partial charge on any atom is -0.505 e. The minimum atomic E-state index is -0.747. The molecule has 5 heteroatoms. The summed E-state index contributed by atoms with van der Waals surface area (Å²) >= 11 is 5.71. The second kappa shape index (κ2) is 3.91. The summed E-state index contributed by atoms with van der Waals surface area (Å²) in [6, 6.07) is 1.76. The Morgan fingerprint density at radius 3 is 2.69 bits per heavy atom. The molecule has 0 fully saturated rings. The summed E-state index contributed by atoms with van der Waals surface area (Å²) in [5, 5.41) is 9.50. The van der Waals surface area contributed by atoms with Gasteiger partial charge in [-0.2, -0.15) is 0 Å². The third-order valence-corrected chi connectivity index (χ3v) is 2.07. The highest BCUT2D eigenvalue weighted by Gasteiger charge is 2.16. The van der Waals surface area contributed by atoms with Crippen LogP contribution in [0.25, 0.3) is 0 Å². The summed E-state index contributed by atoms with van der Waals surface area (Å²) in [5.41, 5.74) is 11.0. The standard InChI is InChI=1S/C8H10ClFN2O/c9-4-1-2-5(10)8(13)7(4)6(12)3-11/h1-2,6,13H,3,11-12H2/t6-/m0/s1. The molecule has 5 N–H and O–H groups in total. The number of hydrogen-bond acceptors (Lipinski definition) is 3. The fourth-order valence-electron chi connectivity index (χ4n) is 1.03. The first-order valence-corrected chi connectivity index (χ1v) is 4.08. The maximum absolute atomic E-state index is 12.9. The summed E-state index contributed by atoms with van der Waals surface area (Å²) in [7, 11) is 0. The Balaban J connectivity index is 3.25. The number of hydrogen-bond donors (Lipinski definition) is 3. The first kappa shape index (κ1) is 10.2. The zero-order valence-electron chi connectivity index (χ0n) is 6.80. The van der Waals surface area contributed by atoms with Crippen molar-refractivity contribution >= 4 is 11.6 Å². The summed E-state index contributed by atoms with van der Waals surface area (Å²) in [5.74, 6) is -1.27. The van der Waals surface area contributed by atoms with Crippen LogP contribution in [0.15, 0.2) is 12.1 Å². The average molecular weight is 205 g/mol. The van der Waals surface area contributed by atoms with Gasteiger partial charge in [-0.1, -0.05) is 11.6 Å². The van der Waals surface area contributed by atoms with Crippen molar-refractivity contribution in [2.45, 2.75) is 6.04 Å². The molecule has 0 bridgehead atoms. The van der Waals surface area contributed by atoms with Crippen LogP contribution in [0.5, 0.6) is 5.75 Å². The molecule has 3 nitrogen and oxygen atoms in total. The third kappa shape index (κ3) is 1.91. The molecule has 1 aromatic carbocycles. The van der Waals surface area contributed by atoms with Crippen LogP contribution in [-0.2, 0) is 0 Å². The average Bonchev–Trinajstić information content (AvgIpc) is 2.12. The van der Waals surface area contributed by atoms with Crippen molar-refractivity contribution in [2.24, 2.45) is 11.5 Å². The molecule has 0 saturated carbocycles. The Bertz CT molecular complexity index is 319. The molecule has 1 rings (SSSR count). The largest absolute Gasteiger partial charge is 0.505 e. The van der Waals surface area contributed by atoms with Crippen LogP contribution in [0.2, 0.25) is 5.02 Å². The van der Waals surface area contributed by atoms with Crippen molar-refractivity contribution in [1.29, 1.82) is 0 Å².